The van der Waals surface area contributed by atoms with Crippen LogP contribution >= 0.6 is 27.5 Å². The molecule has 1 N–H and O–H groups in total. The van der Waals surface area contributed by atoms with Crippen LogP contribution in [0, 0.1) is 0 Å². The normalized spacial score (nSPS) is 9.82. The average Bonchev–Trinajstić information content (AvgIpc) is 2.31. The van der Waals surface area contributed by atoms with Crippen LogP contribution in [0.4, 0.5) is 5.69 Å². The Morgan fingerprint density at radius 3 is 2.76 bits per heavy atom. The van der Waals surface area contributed by atoms with E-state index in [1.54, 1.807) is 6.07 Å². The number of carbonyl (C=O) groups is 2. The number of nitrogens with one attached hydrogen (secondary N) is 1. The lowest BCUT2D eigenvalue weighted by Crippen LogP contribution is -2.12. The lowest BCUT2D eigenvalue weighted by molar-refractivity contribution is -0.115. The Morgan fingerprint density at radius 1 is 1.47 bits per heavy atom. The van der Waals surface area contributed by atoms with Gasteiger partial charge in [0.25, 0.3) is 0 Å². The molecule has 0 atom stereocenters. The monoisotopic (exact) mass is 319 g/mol. The van der Waals surface area contributed by atoms with Gasteiger partial charge in [-0.05, 0) is 18.2 Å². The minimum Gasteiger partial charge on any atom is -0.465 e. The summed E-state index contributed by atoms with van der Waals surface area (Å²) in [6, 6.07) is 4.65. The van der Waals surface area contributed by atoms with Crippen molar-refractivity contribution in [3.8, 4) is 0 Å². The van der Waals surface area contributed by atoms with Crippen molar-refractivity contribution in [2.75, 3.05) is 17.8 Å². The fraction of sp³-hybridized carbons (Fsp3) is 0.273. The van der Waals surface area contributed by atoms with Crippen LogP contribution in [0.1, 0.15) is 16.8 Å². The third-order valence-corrected chi connectivity index (χ3v) is 2.70. The highest BCUT2D eigenvalue weighted by molar-refractivity contribution is 9.09. The number of halogens is 2. The summed E-state index contributed by atoms with van der Waals surface area (Å²) < 4.78 is 4.58. The number of rotatable bonds is 4. The zero-order valence-corrected chi connectivity index (χ0v) is 11.5. The van der Waals surface area contributed by atoms with Gasteiger partial charge in [0.05, 0.1) is 17.7 Å². The first kappa shape index (κ1) is 14.0. The van der Waals surface area contributed by atoms with Crippen LogP contribution in [0.2, 0.25) is 5.02 Å². The predicted octanol–water partition coefficient (Wildman–Crippen LogP) is 2.85. The fourth-order valence-corrected chi connectivity index (χ4v) is 1.73. The van der Waals surface area contributed by atoms with Gasteiger partial charge < -0.3 is 10.1 Å². The molecule has 0 radical (unpaired) electrons. The SMILES string of the molecule is COC(=O)c1cc(NC(=O)CCBr)ccc1Cl. The summed E-state index contributed by atoms with van der Waals surface area (Å²) in [5, 5.41) is 3.52. The Morgan fingerprint density at radius 2 is 2.18 bits per heavy atom. The summed E-state index contributed by atoms with van der Waals surface area (Å²) in [5.41, 5.74) is 0.742. The van der Waals surface area contributed by atoms with Crippen molar-refractivity contribution >= 4 is 45.1 Å². The van der Waals surface area contributed by atoms with Gasteiger partial charge in [-0.15, -0.1) is 0 Å². The third kappa shape index (κ3) is 4.02. The Labute approximate surface area is 112 Å². The van der Waals surface area contributed by atoms with Crippen LogP contribution in [0.15, 0.2) is 18.2 Å². The van der Waals surface area contributed by atoms with Crippen molar-refractivity contribution in [2.24, 2.45) is 0 Å². The Hall–Kier alpha value is -1.07. The molecule has 1 aromatic carbocycles. The number of anilines is 1. The molecule has 92 valence electrons. The van der Waals surface area contributed by atoms with Gasteiger partial charge in [-0.2, -0.15) is 0 Å². The van der Waals surface area contributed by atoms with Crippen molar-refractivity contribution in [2.45, 2.75) is 6.42 Å². The number of amides is 1. The molecule has 17 heavy (non-hydrogen) atoms. The number of hydrogen-bond donors (Lipinski definition) is 1. The minimum atomic E-state index is -0.536. The van der Waals surface area contributed by atoms with Gasteiger partial charge in [-0.3, -0.25) is 4.79 Å². The zero-order valence-electron chi connectivity index (χ0n) is 9.13. The van der Waals surface area contributed by atoms with E-state index in [1.807, 2.05) is 0 Å². The maximum atomic E-state index is 11.4. The molecule has 0 fully saturated rings. The van der Waals surface area contributed by atoms with E-state index < -0.39 is 5.97 Å². The number of methoxy groups -OCH3 is 1. The number of alkyl halides is 1. The van der Waals surface area contributed by atoms with Crippen molar-refractivity contribution in [3.63, 3.8) is 0 Å². The van der Waals surface area contributed by atoms with Gasteiger partial charge in [0.1, 0.15) is 0 Å². The summed E-state index contributed by atoms with van der Waals surface area (Å²) >= 11 is 9.01. The molecule has 0 aliphatic rings. The Bertz CT molecular complexity index is 437. The molecule has 0 bridgehead atoms. The largest absolute Gasteiger partial charge is 0.465 e. The van der Waals surface area contributed by atoms with E-state index >= 15 is 0 Å². The topological polar surface area (TPSA) is 55.4 Å². The molecule has 0 aliphatic carbocycles. The van der Waals surface area contributed by atoms with E-state index in [2.05, 4.69) is 26.0 Å². The highest BCUT2D eigenvalue weighted by Gasteiger charge is 2.12. The molecular formula is C11H11BrClNO3. The molecule has 0 heterocycles. The predicted molar refractivity (Wildman–Crippen MR) is 69.8 cm³/mol. The van der Waals surface area contributed by atoms with Gasteiger partial charge in [-0.1, -0.05) is 27.5 Å². The number of hydrogen-bond acceptors (Lipinski definition) is 3. The second-order valence-electron chi connectivity index (χ2n) is 3.17. The standard InChI is InChI=1S/C11H11BrClNO3/c1-17-11(16)8-6-7(2-3-9(8)13)14-10(15)4-5-12/h2-3,6H,4-5H2,1H3,(H,14,15). The molecule has 0 saturated carbocycles. The molecule has 1 aromatic rings. The van der Waals surface area contributed by atoms with Crippen molar-refractivity contribution in [3.05, 3.63) is 28.8 Å². The highest BCUT2D eigenvalue weighted by atomic mass is 79.9. The summed E-state index contributed by atoms with van der Waals surface area (Å²) in [6.07, 6.45) is 0.357. The van der Waals surface area contributed by atoms with E-state index in [0.29, 0.717) is 17.4 Å². The van der Waals surface area contributed by atoms with Gasteiger partial charge in [-0.25, -0.2) is 4.79 Å². The van der Waals surface area contributed by atoms with Gasteiger partial charge in [0.2, 0.25) is 5.91 Å². The van der Waals surface area contributed by atoms with E-state index in [9.17, 15) is 9.59 Å². The van der Waals surface area contributed by atoms with Gasteiger partial charge in [0.15, 0.2) is 0 Å². The molecule has 4 nitrogen and oxygen atoms in total. The molecule has 0 aromatic heterocycles. The molecule has 1 amide bonds. The van der Waals surface area contributed by atoms with Crippen molar-refractivity contribution in [1.82, 2.24) is 0 Å². The third-order valence-electron chi connectivity index (χ3n) is 1.98. The smallest absolute Gasteiger partial charge is 0.339 e. The van der Waals surface area contributed by atoms with Gasteiger partial charge >= 0.3 is 5.97 Å². The van der Waals surface area contributed by atoms with E-state index in [-0.39, 0.29) is 16.5 Å². The van der Waals surface area contributed by atoms with E-state index in [1.165, 1.54) is 19.2 Å². The molecule has 1 rings (SSSR count). The first-order valence-corrected chi connectivity index (χ1v) is 6.32. The quantitative estimate of drug-likeness (QED) is 0.685. The lowest BCUT2D eigenvalue weighted by atomic mass is 10.2. The van der Waals surface area contributed by atoms with Crippen LogP contribution in [-0.4, -0.2) is 24.3 Å². The van der Waals surface area contributed by atoms with Gasteiger partial charge in [0, 0.05) is 17.4 Å². The average molecular weight is 321 g/mol. The first-order valence-electron chi connectivity index (χ1n) is 4.82. The molecular weight excluding hydrogens is 309 g/mol. The molecule has 0 aliphatic heterocycles. The number of benzene rings is 1. The molecule has 0 unspecified atom stereocenters. The molecule has 6 heteroatoms. The van der Waals surface area contributed by atoms with E-state index in [4.69, 9.17) is 11.6 Å². The highest BCUT2D eigenvalue weighted by Crippen LogP contribution is 2.21. The van der Waals surface area contributed by atoms with Crippen LogP contribution in [0.25, 0.3) is 0 Å². The Kier molecular flexibility index (Phi) is 5.44. The van der Waals surface area contributed by atoms with Crippen LogP contribution in [0.3, 0.4) is 0 Å². The second kappa shape index (κ2) is 6.61. The minimum absolute atomic E-state index is 0.139. The summed E-state index contributed by atoms with van der Waals surface area (Å²) in [5.74, 6) is -0.674. The van der Waals surface area contributed by atoms with Crippen LogP contribution < -0.4 is 5.32 Å². The van der Waals surface area contributed by atoms with Crippen molar-refractivity contribution < 1.29 is 14.3 Å². The number of ether oxygens (including phenoxy) is 1. The lowest BCUT2D eigenvalue weighted by Gasteiger charge is -2.07. The molecule has 0 saturated heterocycles. The van der Waals surface area contributed by atoms with E-state index in [0.717, 1.165) is 0 Å². The van der Waals surface area contributed by atoms with Crippen LogP contribution in [0.5, 0.6) is 0 Å². The second-order valence-corrected chi connectivity index (χ2v) is 4.37. The summed E-state index contributed by atoms with van der Waals surface area (Å²) in [7, 11) is 1.27. The molecule has 0 spiro atoms. The summed E-state index contributed by atoms with van der Waals surface area (Å²) in [6.45, 7) is 0. The zero-order chi connectivity index (χ0) is 12.8. The first-order chi connectivity index (χ1) is 8.08. The fourth-order valence-electron chi connectivity index (χ4n) is 1.18. The number of esters is 1. The maximum Gasteiger partial charge on any atom is 0.339 e. The van der Waals surface area contributed by atoms with Crippen LogP contribution in [-0.2, 0) is 9.53 Å². The maximum absolute atomic E-state index is 11.4. The van der Waals surface area contributed by atoms with Crippen molar-refractivity contribution in [1.29, 1.82) is 0 Å². The number of carbonyl (C=O) groups excluding carboxylic acids is 2. The summed E-state index contributed by atoms with van der Waals surface area (Å²) in [4.78, 5) is 22.7. The Balaban J connectivity index is 2.89.